The maximum absolute atomic E-state index is 12.1. The predicted octanol–water partition coefficient (Wildman–Crippen LogP) is 2.15. The molecule has 0 amide bonds. The molecule has 1 rings (SSSR count). The number of rotatable bonds is 9. The first-order valence-electron chi connectivity index (χ1n) is 7.12. The summed E-state index contributed by atoms with van der Waals surface area (Å²) in [5.74, 6) is 0.962. The molecule has 4 heteroatoms. The Morgan fingerprint density at radius 2 is 1.75 bits per heavy atom. The number of ketones is 1. The van der Waals surface area contributed by atoms with Crippen LogP contribution in [0.4, 0.5) is 0 Å². The van der Waals surface area contributed by atoms with Gasteiger partial charge in [-0.15, -0.1) is 0 Å². The van der Waals surface area contributed by atoms with Gasteiger partial charge in [-0.1, -0.05) is 0 Å². The standard InChI is InChI=1S/C16H26N2O2/c1-5-20-15-9-7-14(8-10-15)16(19)13-18(4)12-6-11-17(2)3/h7-10H,5-6,11-13H2,1-4H3. The molecule has 20 heavy (non-hydrogen) atoms. The van der Waals surface area contributed by atoms with Crippen LogP contribution in [0.15, 0.2) is 24.3 Å². The van der Waals surface area contributed by atoms with Gasteiger partial charge < -0.3 is 9.64 Å². The molecular formula is C16H26N2O2. The Hall–Kier alpha value is -1.39. The molecule has 0 atom stereocenters. The van der Waals surface area contributed by atoms with Crippen LogP contribution in [-0.2, 0) is 0 Å². The number of hydrogen-bond donors (Lipinski definition) is 0. The predicted molar refractivity (Wildman–Crippen MR) is 82.6 cm³/mol. The molecule has 4 nitrogen and oxygen atoms in total. The minimum Gasteiger partial charge on any atom is -0.494 e. The molecule has 0 aliphatic carbocycles. The van der Waals surface area contributed by atoms with E-state index in [-0.39, 0.29) is 5.78 Å². The Balaban J connectivity index is 2.41. The van der Waals surface area contributed by atoms with Crippen molar-refractivity contribution in [2.45, 2.75) is 13.3 Å². The van der Waals surface area contributed by atoms with E-state index in [1.54, 1.807) is 0 Å². The molecule has 0 unspecified atom stereocenters. The third-order valence-electron chi connectivity index (χ3n) is 3.05. The van der Waals surface area contributed by atoms with E-state index in [0.717, 1.165) is 30.8 Å². The van der Waals surface area contributed by atoms with Crippen LogP contribution in [0.3, 0.4) is 0 Å². The van der Waals surface area contributed by atoms with Gasteiger partial charge in [0.1, 0.15) is 5.75 Å². The van der Waals surface area contributed by atoms with Gasteiger partial charge in [-0.25, -0.2) is 0 Å². The zero-order chi connectivity index (χ0) is 15.0. The van der Waals surface area contributed by atoms with E-state index in [4.69, 9.17) is 4.74 Å². The van der Waals surface area contributed by atoms with Crippen LogP contribution in [0.1, 0.15) is 23.7 Å². The van der Waals surface area contributed by atoms with Crippen molar-refractivity contribution >= 4 is 5.78 Å². The van der Waals surface area contributed by atoms with Crippen LogP contribution in [0.25, 0.3) is 0 Å². The second-order valence-corrected chi connectivity index (χ2v) is 5.28. The highest BCUT2D eigenvalue weighted by atomic mass is 16.5. The Bertz CT molecular complexity index is 401. The summed E-state index contributed by atoms with van der Waals surface area (Å²) in [5.41, 5.74) is 0.743. The summed E-state index contributed by atoms with van der Waals surface area (Å²) in [6.45, 7) is 5.02. The Labute approximate surface area is 122 Å². The molecule has 0 saturated heterocycles. The number of Topliss-reactive ketones (excluding diaryl/α,β-unsaturated/α-hetero) is 1. The van der Waals surface area contributed by atoms with Crippen molar-refractivity contribution < 1.29 is 9.53 Å². The van der Waals surface area contributed by atoms with Gasteiger partial charge in [0, 0.05) is 5.56 Å². The molecule has 0 radical (unpaired) electrons. The Morgan fingerprint density at radius 3 is 2.30 bits per heavy atom. The number of hydrogen-bond acceptors (Lipinski definition) is 4. The summed E-state index contributed by atoms with van der Waals surface area (Å²) in [5, 5.41) is 0. The van der Waals surface area contributed by atoms with Crippen LogP contribution >= 0.6 is 0 Å². The molecule has 1 aromatic rings. The van der Waals surface area contributed by atoms with Gasteiger partial charge in [0.05, 0.1) is 13.2 Å². The fraction of sp³-hybridized carbons (Fsp3) is 0.562. The topological polar surface area (TPSA) is 32.8 Å². The largest absolute Gasteiger partial charge is 0.494 e. The van der Waals surface area contributed by atoms with Gasteiger partial charge >= 0.3 is 0 Å². The second kappa shape index (κ2) is 8.72. The first-order valence-corrected chi connectivity index (χ1v) is 7.12. The molecule has 0 bridgehead atoms. The molecule has 0 fully saturated rings. The van der Waals surface area contributed by atoms with E-state index in [2.05, 4.69) is 23.9 Å². The van der Waals surface area contributed by atoms with Crippen molar-refractivity contribution in [2.24, 2.45) is 0 Å². The van der Waals surface area contributed by atoms with Crippen molar-refractivity contribution in [1.29, 1.82) is 0 Å². The number of likely N-dealkylation sites (N-methyl/N-ethyl adjacent to an activating group) is 1. The van der Waals surface area contributed by atoms with Gasteiger partial charge in [-0.05, 0) is 71.8 Å². The summed E-state index contributed by atoms with van der Waals surface area (Å²) in [7, 11) is 6.11. The molecule has 1 aromatic carbocycles. The number of benzene rings is 1. The molecule has 0 spiro atoms. The highest BCUT2D eigenvalue weighted by Crippen LogP contribution is 2.12. The van der Waals surface area contributed by atoms with Gasteiger partial charge in [0.2, 0.25) is 0 Å². The quantitative estimate of drug-likeness (QED) is 0.648. The number of ether oxygens (including phenoxy) is 1. The van der Waals surface area contributed by atoms with E-state index in [1.807, 2.05) is 38.2 Å². The van der Waals surface area contributed by atoms with Gasteiger partial charge in [-0.3, -0.25) is 9.69 Å². The van der Waals surface area contributed by atoms with Crippen LogP contribution in [-0.4, -0.2) is 63.0 Å². The Kier molecular flexibility index (Phi) is 7.26. The lowest BCUT2D eigenvalue weighted by Crippen LogP contribution is -2.29. The third-order valence-corrected chi connectivity index (χ3v) is 3.05. The molecule has 0 aliphatic heterocycles. The summed E-state index contributed by atoms with van der Waals surface area (Å²) in [6, 6.07) is 7.37. The molecule has 0 saturated carbocycles. The average molecular weight is 278 g/mol. The van der Waals surface area contributed by atoms with E-state index >= 15 is 0 Å². The lowest BCUT2D eigenvalue weighted by molar-refractivity contribution is 0.0944. The molecule has 0 N–H and O–H groups in total. The number of carbonyl (C=O) groups excluding carboxylic acids is 1. The Morgan fingerprint density at radius 1 is 1.10 bits per heavy atom. The highest BCUT2D eigenvalue weighted by Gasteiger charge is 2.09. The van der Waals surface area contributed by atoms with E-state index in [0.29, 0.717) is 13.2 Å². The van der Waals surface area contributed by atoms with E-state index < -0.39 is 0 Å². The third kappa shape index (κ3) is 6.17. The minimum atomic E-state index is 0.153. The van der Waals surface area contributed by atoms with E-state index in [9.17, 15) is 4.79 Å². The molecule has 0 aromatic heterocycles. The zero-order valence-electron chi connectivity index (χ0n) is 13.1. The number of nitrogens with zero attached hydrogens (tertiary/aromatic N) is 2. The first kappa shape index (κ1) is 16.7. The van der Waals surface area contributed by atoms with Crippen molar-refractivity contribution in [3.8, 4) is 5.75 Å². The second-order valence-electron chi connectivity index (χ2n) is 5.28. The maximum Gasteiger partial charge on any atom is 0.176 e. The minimum absolute atomic E-state index is 0.153. The summed E-state index contributed by atoms with van der Waals surface area (Å²) in [6.07, 6.45) is 1.07. The molecule has 112 valence electrons. The fourth-order valence-electron chi connectivity index (χ4n) is 1.98. The fourth-order valence-corrected chi connectivity index (χ4v) is 1.98. The van der Waals surface area contributed by atoms with Crippen LogP contribution in [0.2, 0.25) is 0 Å². The van der Waals surface area contributed by atoms with E-state index in [1.165, 1.54) is 0 Å². The van der Waals surface area contributed by atoms with Crippen molar-refractivity contribution in [1.82, 2.24) is 9.80 Å². The van der Waals surface area contributed by atoms with Gasteiger partial charge in [0.15, 0.2) is 5.78 Å². The lowest BCUT2D eigenvalue weighted by atomic mass is 10.1. The smallest absolute Gasteiger partial charge is 0.176 e. The van der Waals surface area contributed by atoms with Crippen LogP contribution in [0, 0.1) is 0 Å². The van der Waals surface area contributed by atoms with Gasteiger partial charge in [-0.2, -0.15) is 0 Å². The summed E-state index contributed by atoms with van der Waals surface area (Å²) >= 11 is 0. The SMILES string of the molecule is CCOc1ccc(C(=O)CN(C)CCCN(C)C)cc1. The molecule has 0 heterocycles. The summed E-state index contributed by atoms with van der Waals surface area (Å²) < 4.78 is 5.37. The lowest BCUT2D eigenvalue weighted by Gasteiger charge is -2.17. The first-order chi connectivity index (χ1) is 9.52. The summed E-state index contributed by atoms with van der Waals surface area (Å²) in [4.78, 5) is 16.4. The molecule has 0 aliphatic rings. The van der Waals surface area contributed by atoms with Crippen LogP contribution in [0.5, 0.6) is 5.75 Å². The van der Waals surface area contributed by atoms with Crippen molar-refractivity contribution in [3.05, 3.63) is 29.8 Å². The van der Waals surface area contributed by atoms with Crippen molar-refractivity contribution in [3.63, 3.8) is 0 Å². The van der Waals surface area contributed by atoms with Gasteiger partial charge in [0.25, 0.3) is 0 Å². The van der Waals surface area contributed by atoms with Crippen LogP contribution < -0.4 is 4.74 Å². The highest BCUT2D eigenvalue weighted by molar-refractivity contribution is 5.97. The number of carbonyl (C=O) groups is 1. The normalized spacial score (nSPS) is 11.1. The average Bonchev–Trinajstić information content (AvgIpc) is 2.39. The van der Waals surface area contributed by atoms with Crippen molar-refractivity contribution in [2.75, 3.05) is 47.4 Å². The maximum atomic E-state index is 12.1. The molecular weight excluding hydrogens is 252 g/mol. The zero-order valence-corrected chi connectivity index (χ0v) is 13.1. The monoisotopic (exact) mass is 278 g/mol.